The minimum absolute atomic E-state index is 0.536. The van der Waals surface area contributed by atoms with Crippen LogP contribution in [0.25, 0.3) is 11.3 Å². The third-order valence-corrected chi connectivity index (χ3v) is 4.64. The Balaban J connectivity index is 1.86. The summed E-state index contributed by atoms with van der Waals surface area (Å²) in [4.78, 5) is 4.34. The Bertz CT molecular complexity index is 571. The third-order valence-electron chi connectivity index (χ3n) is 4.31. The second kappa shape index (κ2) is 5.98. The van der Waals surface area contributed by atoms with E-state index in [1.807, 2.05) is 30.7 Å². The van der Waals surface area contributed by atoms with Gasteiger partial charge in [-0.15, -0.1) is 0 Å². The van der Waals surface area contributed by atoms with Crippen molar-refractivity contribution in [1.82, 2.24) is 14.9 Å². The highest BCUT2D eigenvalue weighted by Gasteiger charge is 2.23. The Hall–Kier alpha value is -1.32. The van der Waals surface area contributed by atoms with E-state index in [9.17, 15) is 0 Å². The molecule has 20 heavy (non-hydrogen) atoms. The van der Waals surface area contributed by atoms with E-state index >= 15 is 0 Å². The van der Waals surface area contributed by atoms with Crippen LogP contribution in [-0.2, 0) is 0 Å². The maximum Gasteiger partial charge on any atom is 0.0953 e. The van der Waals surface area contributed by atoms with Crippen molar-refractivity contribution < 1.29 is 0 Å². The van der Waals surface area contributed by atoms with E-state index < -0.39 is 0 Å². The molecule has 1 aliphatic rings. The molecule has 1 aliphatic carbocycles. The minimum Gasteiger partial charge on any atom is -0.327 e. The SMILES string of the molecule is CNC1CCC(n2cncc2-c2ccccc2Cl)CC1. The third kappa shape index (κ3) is 2.60. The van der Waals surface area contributed by atoms with E-state index in [0.717, 1.165) is 16.3 Å². The molecule has 1 fully saturated rings. The van der Waals surface area contributed by atoms with Crippen LogP contribution in [-0.4, -0.2) is 22.6 Å². The van der Waals surface area contributed by atoms with Crippen molar-refractivity contribution in [2.45, 2.75) is 37.8 Å². The number of imidazole rings is 1. The average molecular weight is 290 g/mol. The van der Waals surface area contributed by atoms with E-state index in [-0.39, 0.29) is 0 Å². The van der Waals surface area contributed by atoms with Gasteiger partial charge in [-0.2, -0.15) is 0 Å². The summed E-state index contributed by atoms with van der Waals surface area (Å²) in [5.41, 5.74) is 2.20. The van der Waals surface area contributed by atoms with Gasteiger partial charge in [0.05, 0.1) is 18.2 Å². The van der Waals surface area contributed by atoms with Crippen molar-refractivity contribution in [2.75, 3.05) is 7.05 Å². The summed E-state index contributed by atoms with van der Waals surface area (Å²) in [6.45, 7) is 0. The van der Waals surface area contributed by atoms with Crippen LogP contribution in [0.1, 0.15) is 31.7 Å². The van der Waals surface area contributed by atoms with E-state index in [0.29, 0.717) is 12.1 Å². The maximum absolute atomic E-state index is 6.32. The molecule has 4 heteroatoms. The van der Waals surface area contributed by atoms with Crippen molar-refractivity contribution in [2.24, 2.45) is 0 Å². The molecule has 1 saturated carbocycles. The van der Waals surface area contributed by atoms with Crippen molar-refractivity contribution >= 4 is 11.6 Å². The summed E-state index contributed by atoms with van der Waals surface area (Å²) in [5, 5.41) is 4.17. The van der Waals surface area contributed by atoms with Gasteiger partial charge in [0.25, 0.3) is 0 Å². The topological polar surface area (TPSA) is 29.9 Å². The number of benzene rings is 1. The molecule has 0 spiro atoms. The Kier molecular flexibility index (Phi) is 4.08. The molecule has 3 nitrogen and oxygen atoms in total. The van der Waals surface area contributed by atoms with Crippen LogP contribution in [0.2, 0.25) is 5.02 Å². The zero-order chi connectivity index (χ0) is 13.9. The predicted octanol–water partition coefficient (Wildman–Crippen LogP) is 3.91. The smallest absolute Gasteiger partial charge is 0.0953 e. The summed E-state index contributed by atoms with van der Waals surface area (Å²) in [6.07, 6.45) is 8.70. The Morgan fingerprint density at radius 3 is 2.65 bits per heavy atom. The van der Waals surface area contributed by atoms with Crippen LogP contribution >= 0.6 is 11.6 Å². The highest BCUT2D eigenvalue weighted by molar-refractivity contribution is 6.33. The molecule has 1 aromatic carbocycles. The molecule has 0 saturated heterocycles. The van der Waals surface area contributed by atoms with Gasteiger partial charge in [-0.05, 0) is 38.8 Å². The molecule has 3 rings (SSSR count). The second-order valence-corrected chi connectivity index (χ2v) is 5.87. The number of hydrogen-bond acceptors (Lipinski definition) is 2. The van der Waals surface area contributed by atoms with Gasteiger partial charge in [0.15, 0.2) is 0 Å². The zero-order valence-electron chi connectivity index (χ0n) is 11.7. The second-order valence-electron chi connectivity index (χ2n) is 5.46. The van der Waals surface area contributed by atoms with Crippen LogP contribution < -0.4 is 5.32 Å². The molecule has 106 valence electrons. The highest BCUT2D eigenvalue weighted by Crippen LogP contribution is 2.34. The van der Waals surface area contributed by atoms with Crippen molar-refractivity contribution in [3.8, 4) is 11.3 Å². The molecular formula is C16H20ClN3. The molecule has 1 aromatic heterocycles. The molecule has 2 aromatic rings. The van der Waals surface area contributed by atoms with Gasteiger partial charge in [-0.1, -0.05) is 29.8 Å². The number of nitrogens with one attached hydrogen (secondary N) is 1. The number of hydrogen-bond donors (Lipinski definition) is 1. The molecule has 0 atom stereocenters. The highest BCUT2D eigenvalue weighted by atomic mass is 35.5. The van der Waals surface area contributed by atoms with Crippen LogP contribution in [0.5, 0.6) is 0 Å². The fraction of sp³-hybridized carbons (Fsp3) is 0.438. The van der Waals surface area contributed by atoms with Gasteiger partial charge in [0.2, 0.25) is 0 Å². The first kappa shape index (κ1) is 13.7. The molecule has 0 radical (unpaired) electrons. The molecular weight excluding hydrogens is 270 g/mol. The van der Waals surface area contributed by atoms with Gasteiger partial charge in [0, 0.05) is 22.7 Å². The lowest BCUT2D eigenvalue weighted by Gasteiger charge is -2.30. The normalized spacial score (nSPS) is 22.9. The monoisotopic (exact) mass is 289 g/mol. The molecule has 0 aliphatic heterocycles. The Labute approximate surface area is 125 Å². The average Bonchev–Trinajstić information content (AvgIpc) is 2.97. The molecule has 1 N–H and O–H groups in total. The number of nitrogens with zero attached hydrogens (tertiary/aromatic N) is 2. The van der Waals surface area contributed by atoms with E-state index in [4.69, 9.17) is 11.6 Å². The molecule has 0 bridgehead atoms. The van der Waals surface area contributed by atoms with Gasteiger partial charge in [-0.3, -0.25) is 0 Å². The number of halogens is 1. The summed E-state index contributed by atoms with van der Waals surface area (Å²) in [7, 11) is 2.05. The maximum atomic E-state index is 6.32. The van der Waals surface area contributed by atoms with Gasteiger partial charge in [0.1, 0.15) is 0 Å². The van der Waals surface area contributed by atoms with E-state index in [2.05, 4.69) is 28.0 Å². The van der Waals surface area contributed by atoms with Crippen molar-refractivity contribution in [1.29, 1.82) is 0 Å². The fourth-order valence-corrected chi connectivity index (χ4v) is 3.35. The van der Waals surface area contributed by atoms with Gasteiger partial charge < -0.3 is 9.88 Å². The predicted molar refractivity (Wildman–Crippen MR) is 83.0 cm³/mol. The number of aromatic nitrogens is 2. The molecule has 1 heterocycles. The van der Waals surface area contributed by atoms with Crippen molar-refractivity contribution in [3.05, 3.63) is 41.8 Å². The molecule has 0 amide bonds. The van der Waals surface area contributed by atoms with Crippen LogP contribution in [0, 0.1) is 0 Å². The summed E-state index contributed by atoms with van der Waals surface area (Å²) < 4.78 is 2.30. The van der Waals surface area contributed by atoms with Crippen LogP contribution in [0.4, 0.5) is 0 Å². The van der Waals surface area contributed by atoms with E-state index in [1.54, 1.807) is 0 Å². The first-order valence-corrected chi connectivity index (χ1v) is 7.61. The van der Waals surface area contributed by atoms with E-state index in [1.165, 1.54) is 25.7 Å². The summed E-state index contributed by atoms with van der Waals surface area (Å²) in [6, 6.07) is 9.19. The first-order valence-electron chi connectivity index (χ1n) is 7.23. The Morgan fingerprint density at radius 2 is 1.95 bits per heavy atom. The quantitative estimate of drug-likeness (QED) is 0.928. The first-order chi connectivity index (χ1) is 9.79. The van der Waals surface area contributed by atoms with Crippen LogP contribution in [0.3, 0.4) is 0 Å². The fourth-order valence-electron chi connectivity index (χ4n) is 3.12. The summed E-state index contributed by atoms with van der Waals surface area (Å²) >= 11 is 6.32. The lowest BCUT2D eigenvalue weighted by atomic mass is 9.91. The van der Waals surface area contributed by atoms with Gasteiger partial charge in [-0.25, -0.2) is 4.98 Å². The Morgan fingerprint density at radius 1 is 1.20 bits per heavy atom. The molecule has 0 unspecified atom stereocenters. The van der Waals surface area contributed by atoms with Gasteiger partial charge >= 0.3 is 0 Å². The largest absolute Gasteiger partial charge is 0.327 e. The van der Waals surface area contributed by atoms with Crippen LogP contribution in [0.15, 0.2) is 36.8 Å². The zero-order valence-corrected chi connectivity index (χ0v) is 12.5. The minimum atomic E-state index is 0.536. The summed E-state index contributed by atoms with van der Waals surface area (Å²) in [5.74, 6) is 0. The number of rotatable bonds is 3. The lowest BCUT2D eigenvalue weighted by Crippen LogP contribution is -2.31. The standard InChI is InChI=1S/C16H20ClN3/c1-18-12-6-8-13(9-7-12)20-11-19-10-16(20)14-4-2-3-5-15(14)17/h2-5,10-13,18H,6-9H2,1H3. The van der Waals surface area contributed by atoms with Crippen molar-refractivity contribution in [3.63, 3.8) is 0 Å². The lowest BCUT2D eigenvalue weighted by molar-refractivity contribution is 0.302.